The number of aromatic nitrogens is 2. The number of nitrogens with one attached hydrogen (secondary N) is 1. The van der Waals surface area contributed by atoms with Crippen molar-refractivity contribution in [1.82, 2.24) is 19.8 Å². The third kappa shape index (κ3) is 2.45. The fourth-order valence-electron chi connectivity index (χ4n) is 3.62. The van der Waals surface area contributed by atoms with Gasteiger partial charge in [-0.1, -0.05) is 30.3 Å². The van der Waals surface area contributed by atoms with Crippen molar-refractivity contribution in [3.8, 4) is 0 Å². The zero-order valence-electron chi connectivity index (χ0n) is 13.4. The Morgan fingerprint density at radius 3 is 2.70 bits per heavy atom. The van der Waals surface area contributed by atoms with Crippen molar-refractivity contribution in [3.63, 3.8) is 0 Å². The Kier molecular flexibility index (Phi) is 3.45. The van der Waals surface area contributed by atoms with E-state index >= 15 is 0 Å². The Morgan fingerprint density at radius 1 is 1.26 bits per heavy atom. The van der Waals surface area contributed by atoms with Crippen LogP contribution in [0.1, 0.15) is 30.3 Å². The van der Waals surface area contributed by atoms with Crippen LogP contribution in [0.4, 0.5) is 0 Å². The van der Waals surface area contributed by atoms with Gasteiger partial charge in [0.2, 0.25) is 5.91 Å². The summed E-state index contributed by atoms with van der Waals surface area (Å²) in [4.78, 5) is 25.1. The second-order valence-corrected chi connectivity index (χ2v) is 6.67. The van der Waals surface area contributed by atoms with Gasteiger partial charge in [0.05, 0.1) is 11.5 Å². The average Bonchev–Trinajstić information content (AvgIpc) is 3.23. The van der Waals surface area contributed by atoms with Gasteiger partial charge in [0.15, 0.2) is 0 Å². The molecule has 2 heterocycles. The maximum Gasteiger partial charge on any atom is 0.233 e. The topological polar surface area (TPSA) is 52.2 Å². The molecule has 0 radical (unpaired) electrons. The van der Waals surface area contributed by atoms with Gasteiger partial charge in [-0.3, -0.25) is 9.69 Å². The van der Waals surface area contributed by atoms with Crippen molar-refractivity contribution in [3.05, 3.63) is 54.1 Å². The Morgan fingerprint density at radius 2 is 2.04 bits per heavy atom. The first-order valence-corrected chi connectivity index (χ1v) is 8.25. The SMILES string of the molecule is CN1CCN(C(=O)C2(c3ccccc3)CC2)C[C@H]1c1ncc[nH]1. The van der Waals surface area contributed by atoms with Gasteiger partial charge in [-0.05, 0) is 25.5 Å². The predicted octanol–water partition coefficient (Wildman–Crippen LogP) is 1.96. The van der Waals surface area contributed by atoms with E-state index in [1.54, 1.807) is 6.20 Å². The van der Waals surface area contributed by atoms with Gasteiger partial charge >= 0.3 is 0 Å². The highest BCUT2D eigenvalue weighted by Gasteiger charge is 2.53. The van der Waals surface area contributed by atoms with Crippen LogP contribution in [0, 0.1) is 0 Å². The number of benzene rings is 1. The van der Waals surface area contributed by atoms with E-state index < -0.39 is 0 Å². The molecular weight excluding hydrogens is 288 g/mol. The first kappa shape index (κ1) is 14.5. The van der Waals surface area contributed by atoms with Gasteiger partial charge in [-0.15, -0.1) is 0 Å². The Labute approximate surface area is 136 Å². The van der Waals surface area contributed by atoms with Crippen LogP contribution in [0.2, 0.25) is 0 Å². The number of carbonyl (C=O) groups excluding carboxylic acids is 1. The van der Waals surface area contributed by atoms with E-state index in [-0.39, 0.29) is 17.4 Å². The number of hydrogen-bond acceptors (Lipinski definition) is 3. The van der Waals surface area contributed by atoms with Crippen molar-refractivity contribution < 1.29 is 4.79 Å². The molecule has 5 nitrogen and oxygen atoms in total. The summed E-state index contributed by atoms with van der Waals surface area (Å²) >= 11 is 0. The van der Waals surface area contributed by atoms with E-state index in [0.717, 1.165) is 31.8 Å². The number of piperazine rings is 1. The summed E-state index contributed by atoms with van der Waals surface area (Å²) in [6.45, 7) is 2.38. The quantitative estimate of drug-likeness (QED) is 0.943. The van der Waals surface area contributed by atoms with E-state index in [1.165, 1.54) is 5.56 Å². The predicted molar refractivity (Wildman–Crippen MR) is 87.9 cm³/mol. The molecule has 0 unspecified atom stereocenters. The Balaban J connectivity index is 1.55. The summed E-state index contributed by atoms with van der Waals surface area (Å²) in [5.41, 5.74) is 0.892. The van der Waals surface area contributed by atoms with Crippen molar-refractivity contribution in [1.29, 1.82) is 0 Å². The summed E-state index contributed by atoms with van der Waals surface area (Å²) in [7, 11) is 2.10. The molecule has 1 aromatic carbocycles. The highest BCUT2D eigenvalue weighted by atomic mass is 16.2. The van der Waals surface area contributed by atoms with Gasteiger partial charge in [-0.25, -0.2) is 4.98 Å². The van der Waals surface area contributed by atoms with Crippen LogP contribution in [-0.2, 0) is 10.2 Å². The smallest absolute Gasteiger partial charge is 0.233 e. The normalized spacial score (nSPS) is 23.7. The van der Waals surface area contributed by atoms with Crippen molar-refractivity contribution in [2.75, 3.05) is 26.7 Å². The van der Waals surface area contributed by atoms with Crippen molar-refractivity contribution in [2.24, 2.45) is 0 Å². The molecule has 2 aromatic rings. The van der Waals surface area contributed by atoms with Gasteiger partial charge in [-0.2, -0.15) is 0 Å². The molecule has 1 aromatic heterocycles. The highest BCUT2D eigenvalue weighted by Crippen LogP contribution is 2.49. The largest absolute Gasteiger partial charge is 0.347 e. The van der Waals surface area contributed by atoms with Gasteiger partial charge in [0.1, 0.15) is 5.82 Å². The molecule has 2 fully saturated rings. The number of H-pyrrole nitrogens is 1. The standard InChI is InChI=1S/C18H22N4O/c1-21-11-12-22(13-15(21)16-19-9-10-20-16)17(23)18(7-8-18)14-5-3-2-4-6-14/h2-6,9-10,15H,7-8,11-13H2,1H3,(H,19,20)/t15-/m0/s1. The van der Waals surface area contributed by atoms with E-state index in [4.69, 9.17) is 0 Å². The molecule has 4 rings (SSSR count). The van der Waals surface area contributed by atoms with Crippen LogP contribution >= 0.6 is 0 Å². The number of amides is 1. The van der Waals surface area contributed by atoms with Crippen LogP contribution < -0.4 is 0 Å². The summed E-state index contributed by atoms with van der Waals surface area (Å²) in [5, 5.41) is 0. The lowest BCUT2D eigenvalue weighted by molar-refractivity contribution is -0.136. The zero-order chi connectivity index (χ0) is 15.9. The molecule has 120 valence electrons. The molecule has 1 N–H and O–H groups in total. The number of nitrogens with zero attached hydrogens (tertiary/aromatic N) is 3. The summed E-state index contributed by atoms with van der Waals surface area (Å²) in [6, 6.07) is 10.4. The molecule has 0 spiro atoms. The number of hydrogen-bond donors (Lipinski definition) is 1. The molecule has 1 aliphatic carbocycles. The molecule has 5 heteroatoms. The first-order valence-electron chi connectivity index (χ1n) is 8.25. The molecule has 1 saturated carbocycles. The third-order valence-electron chi connectivity index (χ3n) is 5.26. The van der Waals surface area contributed by atoms with E-state index in [1.807, 2.05) is 29.3 Å². The number of rotatable bonds is 3. The van der Waals surface area contributed by atoms with Crippen molar-refractivity contribution in [2.45, 2.75) is 24.3 Å². The maximum atomic E-state index is 13.2. The molecule has 1 atom stereocenters. The lowest BCUT2D eigenvalue weighted by atomic mass is 9.93. The number of imidazole rings is 1. The monoisotopic (exact) mass is 310 g/mol. The molecule has 1 aliphatic heterocycles. The molecule has 0 bridgehead atoms. The molecular formula is C18H22N4O. The Hall–Kier alpha value is -2.14. The van der Waals surface area contributed by atoms with Crippen LogP contribution in [0.3, 0.4) is 0 Å². The minimum Gasteiger partial charge on any atom is -0.347 e. The average molecular weight is 310 g/mol. The summed E-state index contributed by atoms with van der Waals surface area (Å²) < 4.78 is 0. The molecule has 1 amide bonds. The minimum absolute atomic E-state index is 0.147. The van der Waals surface area contributed by atoms with E-state index in [0.29, 0.717) is 6.54 Å². The molecule has 2 aliphatic rings. The maximum absolute atomic E-state index is 13.2. The lowest BCUT2D eigenvalue weighted by Gasteiger charge is -2.40. The molecule has 23 heavy (non-hydrogen) atoms. The third-order valence-corrected chi connectivity index (χ3v) is 5.26. The van der Waals surface area contributed by atoms with Crippen LogP contribution in [-0.4, -0.2) is 52.4 Å². The second kappa shape index (κ2) is 5.49. The van der Waals surface area contributed by atoms with Gasteiger partial charge in [0.25, 0.3) is 0 Å². The highest BCUT2D eigenvalue weighted by molar-refractivity contribution is 5.91. The number of carbonyl (C=O) groups is 1. The number of likely N-dealkylation sites (N-methyl/N-ethyl adjacent to an activating group) is 1. The second-order valence-electron chi connectivity index (χ2n) is 6.67. The van der Waals surface area contributed by atoms with Crippen molar-refractivity contribution >= 4 is 5.91 Å². The van der Waals surface area contributed by atoms with Crippen LogP contribution in [0.15, 0.2) is 42.7 Å². The fraction of sp³-hybridized carbons (Fsp3) is 0.444. The molecule has 1 saturated heterocycles. The first-order chi connectivity index (χ1) is 11.2. The van der Waals surface area contributed by atoms with E-state index in [9.17, 15) is 4.79 Å². The minimum atomic E-state index is -0.273. The summed E-state index contributed by atoms with van der Waals surface area (Å²) in [5.74, 6) is 1.22. The van der Waals surface area contributed by atoms with Crippen LogP contribution in [0.25, 0.3) is 0 Å². The lowest BCUT2D eigenvalue weighted by Crippen LogP contribution is -2.52. The van der Waals surface area contributed by atoms with E-state index in [2.05, 4.69) is 34.0 Å². The Bertz CT molecular complexity index is 678. The fourth-order valence-corrected chi connectivity index (χ4v) is 3.62. The zero-order valence-corrected chi connectivity index (χ0v) is 13.4. The van der Waals surface area contributed by atoms with Crippen LogP contribution in [0.5, 0.6) is 0 Å². The van der Waals surface area contributed by atoms with Gasteiger partial charge < -0.3 is 9.88 Å². The number of aromatic amines is 1. The summed E-state index contributed by atoms with van der Waals surface area (Å²) in [6.07, 6.45) is 5.55. The van der Waals surface area contributed by atoms with Gasteiger partial charge in [0, 0.05) is 32.0 Å².